The Bertz CT molecular complexity index is 540. The van der Waals surface area contributed by atoms with Gasteiger partial charge in [0, 0.05) is 19.0 Å². The van der Waals surface area contributed by atoms with E-state index in [-0.39, 0.29) is 17.3 Å². The molecular formula is C13H15F2N3O2. The molecule has 0 bridgehead atoms. The fourth-order valence-electron chi connectivity index (χ4n) is 2.30. The highest BCUT2D eigenvalue weighted by Crippen LogP contribution is 2.21. The normalized spacial score (nSPS) is 17.3. The first-order valence-electron chi connectivity index (χ1n) is 6.25. The molecule has 0 radical (unpaired) electrons. The van der Waals surface area contributed by atoms with E-state index >= 15 is 0 Å². The summed E-state index contributed by atoms with van der Waals surface area (Å²) in [7, 11) is 0. The summed E-state index contributed by atoms with van der Waals surface area (Å²) in [5.74, 6) is -2.67. The summed E-state index contributed by atoms with van der Waals surface area (Å²) >= 11 is 0. The highest BCUT2D eigenvalue weighted by Gasteiger charge is 2.27. The molecule has 1 aromatic rings. The molecule has 0 unspecified atom stereocenters. The number of rotatable bonds is 2. The lowest BCUT2D eigenvalue weighted by atomic mass is 9.95. The lowest BCUT2D eigenvalue weighted by molar-refractivity contribution is 0.0703. The summed E-state index contributed by atoms with van der Waals surface area (Å²) in [6.07, 6.45) is 1.05. The number of amides is 1. The molecule has 0 saturated carbocycles. The molecule has 0 aliphatic carbocycles. The first-order chi connectivity index (χ1) is 9.54. The van der Waals surface area contributed by atoms with Crippen LogP contribution in [0.15, 0.2) is 23.4 Å². The van der Waals surface area contributed by atoms with Gasteiger partial charge < -0.3 is 15.8 Å². The third-order valence-electron chi connectivity index (χ3n) is 3.50. The van der Waals surface area contributed by atoms with E-state index in [2.05, 4.69) is 5.16 Å². The molecule has 7 heteroatoms. The summed E-state index contributed by atoms with van der Waals surface area (Å²) in [6, 6.07) is 3.53. The van der Waals surface area contributed by atoms with Crippen LogP contribution in [0.3, 0.4) is 0 Å². The Morgan fingerprint density at radius 2 is 2.00 bits per heavy atom. The number of piperidine rings is 1. The van der Waals surface area contributed by atoms with Gasteiger partial charge in [0.15, 0.2) is 11.6 Å². The number of nitrogens with two attached hydrogens (primary N) is 1. The summed E-state index contributed by atoms with van der Waals surface area (Å²) in [5, 5.41) is 11.5. The monoisotopic (exact) mass is 283 g/mol. The maximum Gasteiger partial charge on any atom is 0.256 e. The van der Waals surface area contributed by atoms with Crippen molar-refractivity contribution in [2.45, 2.75) is 12.8 Å². The molecule has 1 aliphatic heterocycles. The highest BCUT2D eigenvalue weighted by atomic mass is 19.2. The van der Waals surface area contributed by atoms with Crippen LogP contribution >= 0.6 is 0 Å². The molecule has 3 N–H and O–H groups in total. The number of benzene rings is 1. The van der Waals surface area contributed by atoms with Gasteiger partial charge >= 0.3 is 0 Å². The minimum absolute atomic E-state index is 0.0959. The smallest absolute Gasteiger partial charge is 0.256 e. The Hall–Kier alpha value is -2.18. The number of likely N-dealkylation sites (tertiary alicyclic amines) is 1. The third-order valence-corrected chi connectivity index (χ3v) is 3.50. The summed E-state index contributed by atoms with van der Waals surface area (Å²) < 4.78 is 26.7. The number of carbonyl (C=O) groups excluding carboxylic acids is 1. The van der Waals surface area contributed by atoms with Crippen molar-refractivity contribution in [1.29, 1.82) is 0 Å². The van der Waals surface area contributed by atoms with E-state index in [0.29, 0.717) is 25.9 Å². The Labute approximate surface area is 114 Å². The quantitative estimate of drug-likeness (QED) is 0.374. The minimum Gasteiger partial charge on any atom is -0.409 e. The molecule has 1 amide bonds. The van der Waals surface area contributed by atoms with Gasteiger partial charge in [-0.15, -0.1) is 0 Å². The van der Waals surface area contributed by atoms with Gasteiger partial charge in [-0.3, -0.25) is 4.79 Å². The van der Waals surface area contributed by atoms with Gasteiger partial charge in [-0.1, -0.05) is 11.2 Å². The first kappa shape index (κ1) is 14.2. The molecule has 0 atom stereocenters. The van der Waals surface area contributed by atoms with Crippen LogP contribution < -0.4 is 5.73 Å². The molecule has 1 aromatic carbocycles. The van der Waals surface area contributed by atoms with Crippen molar-refractivity contribution in [1.82, 2.24) is 4.90 Å². The van der Waals surface area contributed by atoms with Crippen molar-refractivity contribution in [2.75, 3.05) is 13.1 Å². The number of halogens is 2. The standard InChI is InChI=1S/C13H15F2N3O2/c14-10-3-1-2-9(11(10)15)13(19)18-6-4-8(5-7-18)12(16)17-20/h1-3,8,20H,4-7H2,(H2,16,17). The lowest BCUT2D eigenvalue weighted by Crippen LogP contribution is -2.42. The zero-order valence-electron chi connectivity index (χ0n) is 10.7. The van der Waals surface area contributed by atoms with Crippen LogP contribution in [0, 0.1) is 17.6 Å². The van der Waals surface area contributed by atoms with E-state index in [0.717, 1.165) is 6.07 Å². The molecule has 2 rings (SSSR count). The van der Waals surface area contributed by atoms with Crippen LogP contribution in [0.4, 0.5) is 8.78 Å². The van der Waals surface area contributed by atoms with Gasteiger partial charge in [-0.25, -0.2) is 8.78 Å². The van der Waals surface area contributed by atoms with Crippen LogP contribution in [0.1, 0.15) is 23.2 Å². The van der Waals surface area contributed by atoms with E-state index < -0.39 is 17.5 Å². The molecule has 1 fully saturated rings. The largest absolute Gasteiger partial charge is 0.409 e. The molecule has 0 aromatic heterocycles. The average molecular weight is 283 g/mol. The van der Waals surface area contributed by atoms with Gasteiger partial charge in [0.1, 0.15) is 5.84 Å². The van der Waals surface area contributed by atoms with E-state index in [9.17, 15) is 13.6 Å². The number of hydrogen-bond acceptors (Lipinski definition) is 3. The van der Waals surface area contributed by atoms with Crippen LogP contribution in [0.25, 0.3) is 0 Å². The molecular weight excluding hydrogens is 268 g/mol. The molecule has 1 heterocycles. The van der Waals surface area contributed by atoms with E-state index in [1.165, 1.54) is 17.0 Å². The average Bonchev–Trinajstić information content (AvgIpc) is 2.48. The van der Waals surface area contributed by atoms with Gasteiger partial charge in [0.2, 0.25) is 0 Å². The minimum atomic E-state index is -1.13. The van der Waals surface area contributed by atoms with Crippen molar-refractivity contribution in [3.63, 3.8) is 0 Å². The van der Waals surface area contributed by atoms with Gasteiger partial charge in [-0.05, 0) is 25.0 Å². The number of carbonyl (C=O) groups is 1. The zero-order chi connectivity index (χ0) is 14.7. The van der Waals surface area contributed by atoms with Crippen LogP contribution in [0.2, 0.25) is 0 Å². The summed E-state index contributed by atoms with van der Waals surface area (Å²) in [6.45, 7) is 0.714. The lowest BCUT2D eigenvalue weighted by Gasteiger charge is -2.31. The Balaban J connectivity index is 2.07. The first-order valence-corrected chi connectivity index (χ1v) is 6.25. The third kappa shape index (κ3) is 2.71. The predicted octanol–water partition coefficient (Wildman–Crippen LogP) is 1.56. The van der Waals surface area contributed by atoms with Crippen molar-refractivity contribution >= 4 is 11.7 Å². The van der Waals surface area contributed by atoms with E-state index in [4.69, 9.17) is 10.9 Å². The fraction of sp³-hybridized carbons (Fsp3) is 0.385. The van der Waals surface area contributed by atoms with Crippen LogP contribution in [-0.4, -0.2) is 34.9 Å². The summed E-state index contributed by atoms with van der Waals surface area (Å²) in [5.41, 5.74) is 5.24. The molecule has 5 nitrogen and oxygen atoms in total. The highest BCUT2D eigenvalue weighted by molar-refractivity contribution is 5.94. The zero-order valence-corrected chi connectivity index (χ0v) is 10.7. The molecule has 20 heavy (non-hydrogen) atoms. The van der Waals surface area contributed by atoms with Crippen molar-refractivity contribution < 1.29 is 18.8 Å². The van der Waals surface area contributed by atoms with Crippen LogP contribution in [0.5, 0.6) is 0 Å². The number of hydrogen-bond donors (Lipinski definition) is 2. The summed E-state index contributed by atoms with van der Waals surface area (Å²) in [4.78, 5) is 13.6. The van der Waals surface area contributed by atoms with Gasteiger partial charge in [0.25, 0.3) is 5.91 Å². The second kappa shape index (κ2) is 5.85. The Kier molecular flexibility index (Phi) is 4.16. The maximum absolute atomic E-state index is 13.6. The Morgan fingerprint density at radius 3 is 2.60 bits per heavy atom. The van der Waals surface area contributed by atoms with Crippen LogP contribution in [-0.2, 0) is 0 Å². The fourth-order valence-corrected chi connectivity index (χ4v) is 2.30. The molecule has 1 aliphatic rings. The Morgan fingerprint density at radius 1 is 1.35 bits per heavy atom. The molecule has 0 spiro atoms. The maximum atomic E-state index is 13.6. The number of amidine groups is 1. The predicted molar refractivity (Wildman–Crippen MR) is 68.4 cm³/mol. The SMILES string of the molecule is NC(=NO)C1CCN(C(=O)c2cccc(F)c2F)CC1. The van der Waals surface area contributed by atoms with E-state index in [1.807, 2.05) is 0 Å². The van der Waals surface area contributed by atoms with Crippen molar-refractivity contribution in [2.24, 2.45) is 16.8 Å². The molecule has 108 valence electrons. The van der Waals surface area contributed by atoms with Crippen molar-refractivity contribution in [3.05, 3.63) is 35.4 Å². The molecule has 1 saturated heterocycles. The van der Waals surface area contributed by atoms with Crippen molar-refractivity contribution in [3.8, 4) is 0 Å². The number of nitrogens with zero attached hydrogens (tertiary/aromatic N) is 2. The topological polar surface area (TPSA) is 78.9 Å². The van der Waals surface area contributed by atoms with E-state index in [1.54, 1.807) is 0 Å². The second-order valence-electron chi connectivity index (χ2n) is 4.69. The van der Waals surface area contributed by atoms with Gasteiger partial charge in [0.05, 0.1) is 5.56 Å². The number of oxime groups is 1. The second-order valence-corrected chi connectivity index (χ2v) is 4.69. The van der Waals surface area contributed by atoms with Gasteiger partial charge in [-0.2, -0.15) is 0 Å².